The molecule has 15 heteroatoms. The molecule has 0 aromatic heterocycles. The first-order chi connectivity index (χ1) is 30.4. The lowest BCUT2D eigenvalue weighted by Gasteiger charge is -2.47. The van der Waals surface area contributed by atoms with Crippen LogP contribution in [0.1, 0.15) is 175 Å². The highest BCUT2D eigenvalue weighted by Gasteiger charge is 2.48. The molecule has 5 amide bonds. The van der Waals surface area contributed by atoms with Gasteiger partial charge in [0.2, 0.25) is 23.6 Å². The lowest BCUT2D eigenvalue weighted by molar-refractivity contribution is -0.231. The maximum absolute atomic E-state index is 14.0. The largest absolute Gasteiger partial charge is 0.445 e. The first-order valence-electron chi connectivity index (χ1n) is 24.2. The van der Waals surface area contributed by atoms with Crippen LogP contribution in [-0.2, 0) is 35.3 Å². The quantitative estimate of drug-likeness (QED) is 0.0384. The molecule has 1 aliphatic rings. The number of rotatable bonds is 34. The number of benzene rings is 1. The van der Waals surface area contributed by atoms with Crippen LogP contribution in [0.5, 0.6) is 0 Å². The molecule has 360 valence electrons. The number of carbonyl (C=O) groups is 5. The van der Waals surface area contributed by atoms with Crippen LogP contribution < -0.4 is 21.3 Å². The zero-order valence-corrected chi connectivity index (χ0v) is 39.0. The lowest BCUT2D eigenvalue weighted by atomic mass is 9.94. The van der Waals surface area contributed by atoms with Gasteiger partial charge in [-0.3, -0.25) is 19.2 Å². The van der Waals surface area contributed by atoms with E-state index < -0.39 is 79.6 Å². The Balaban J connectivity index is 2.00. The average Bonchev–Trinajstić information content (AvgIpc) is 3.28. The highest BCUT2D eigenvalue weighted by atomic mass is 16.6. The van der Waals surface area contributed by atoms with Gasteiger partial charge in [0.1, 0.15) is 43.0 Å². The molecule has 1 aromatic rings. The Bertz CT molecular complexity index is 1420. The van der Waals surface area contributed by atoms with Crippen LogP contribution >= 0.6 is 0 Å². The van der Waals surface area contributed by atoms with E-state index in [1.165, 1.54) is 102 Å². The highest BCUT2D eigenvalue weighted by Crippen LogP contribution is 2.26. The highest BCUT2D eigenvalue weighted by molar-refractivity contribution is 5.92. The van der Waals surface area contributed by atoms with Gasteiger partial charge in [-0.05, 0) is 32.3 Å². The molecule has 0 bridgehead atoms. The fraction of sp³-hybridized carbons (Fsp3) is 0.771. The van der Waals surface area contributed by atoms with E-state index in [0.717, 1.165) is 44.1 Å². The molecule has 1 saturated heterocycles. The van der Waals surface area contributed by atoms with Crippen LogP contribution in [0, 0.1) is 0 Å². The second-order valence-corrected chi connectivity index (χ2v) is 17.3. The van der Waals surface area contributed by atoms with Crippen LogP contribution in [0.4, 0.5) is 4.79 Å². The SMILES string of the molecule is CCCCCCCCCCCCCCN(C(=O)CCCCCCCCCCC)[C@@H]1O[C@H](CO)[C@@H](O)[C@H](O)[C@H]1NC(=O)CNC(=O)[C@H](C)NC(=O)[C@H](C)NC(=O)OCc1ccccc1. The van der Waals surface area contributed by atoms with Crippen molar-refractivity contribution >= 4 is 29.7 Å². The van der Waals surface area contributed by atoms with Crippen molar-refractivity contribution in [2.24, 2.45) is 0 Å². The standard InChI is InChI=1S/C48H83N5O10/c1-5-7-9-11-13-15-16-17-19-21-23-28-32-53(41(56)31-27-22-20-18-14-12-10-8-6-2)47-42(44(58)43(57)39(34-54)63-47)52-40(55)33-49-45(59)36(3)50-46(60)37(4)51-48(61)62-35-38-29-25-24-26-30-38/h24-26,29-30,36-37,39,42-44,47,54,57-58H,5-23,27-28,31-35H2,1-4H3,(H,49,59)(H,50,60)(H,51,61)(H,52,55)/t36-,37-,39+,42+,43+,44+,47+/m0/s1. The molecule has 7 N–H and O–H groups in total. The van der Waals surface area contributed by atoms with E-state index in [4.69, 9.17) is 9.47 Å². The normalized spacial score (nSPS) is 19.4. The van der Waals surface area contributed by atoms with Gasteiger partial charge < -0.3 is 51.0 Å². The van der Waals surface area contributed by atoms with E-state index in [2.05, 4.69) is 35.1 Å². The third-order valence-corrected chi connectivity index (χ3v) is 11.7. The first kappa shape index (κ1) is 55.3. The third-order valence-electron chi connectivity index (χ3n) is 11.7. The number of hydrogen-bond donors (Lipinski definition) is 7. The zero-order valence-electron chi connectivity index (χ0n) is 39.0. The maximum atomic E-state index is 14.0. The Morgan fingerprint density at radius 2 is 1.19 bits per heavy atom. The summed E-state index contributed by atoms with van der Waals surface area (Å²) in [6.07, 6.45) is 17.4. The van der Waals surface area contributed by atoms with E-state index in [1.54, 1.807) is 12.1 Å². The van der Waals surface area contributed by atoms with Gasteiger partial charge in [-0.1, -0.05) is 166 Å². The molecule has 63 heavy (non-hydrogen) atoms. The third kappa shape index (κ3) is 23.1. The average molecular weight is 890 g/mol. The number of alkyl carbamates (subject to hydrolysis) is 1. The van der Waals surface area contributed by atoms with Gasteiger partial charge in [-0.2, -0.15) is 0 Å². The topological polar surface area (TPSA) is 216 Å². The molecule has 7 atom stereocenters. The molecule has 0 aliphatic carbocycles. The van der Waals surface area contributed by atoms with Crippen molar-refractivity contribution in [1.82, 2.24) is 26.2 Å². The van der Waals surface area contributed by atoms with Crippen LogP contribution in [0.15, 0.2) is 30.3 Å². The van der Waals surface area contributed by atoms with Gasteiger partial charge in [0, 0.05) is 13.0 Å². The van der Waals surface area contributed by atoms with Gasteiger partial charge in [0.15, 0.2) is 6.23 Å². The first-order valence-corrected chi connectivity index (χ1v) is 24.2. The van der Waals surface area contributed by atoms with Crippen LogP contribution in [0.2, 0.25) is 0 Å². The molecule has 0 spiro atoms. The predicted molar refractivity (Wildman–Crippen MR) is 244 cm³/mol. The van der Waals surface area contributed by atoms with Gasteiger partial charge in [0.05, 0.1) is 13.2 Å². The number of amides is 5. The molecule has 0 radical (unpaired) electrons. The minimum Gasteiger partial charge on any atom is -0.445 e. The second-order valence-electron chi connectivity index (χ2n) is 17.3. The molecule has 0 unspecified atom stereocenters. The summed E-state index contributed by atoms with van der Waals surface area (Å²) in [6.45, 7) is 6.42. The maximum Gasteiger partial charge on any atom is 0.408 e. The number of aliphatic hydroxyl groups excluding tert-OH is 3. The summed E-state index contributed by atoms with van der Waals surface area (Å²) in [5, 5.41) is 42.3. The van der Waals surface area contributed by atoms with E-state index in [1.807, 2.05) is 18.2 Å². The van der Waals surface area contributed by atoms with Crippen LogP contribution in [-0.4, -0.2) is 112 Å². The molecular formula is C48H83N5O10. The molecule has 1 heterocycles. The summed E-state index contributed by atoms with van der Waals surface area (Å²) in [5.74, 6) is -2.28. The minimum atomic E-state index is -1.60. The summed E-state index contributed by atoms with van der Waals surface area (Å²) >= 11 is 0. The van der Waals surface area contributed by atoms with Crippen molar-refractivity contribution in [2.45, 2.75) is 218 Å². The molecule has 1 aromatic carbocycles. The summed E-state index contributed by atoms with van der Waals surface area (Å²) < 4.78 is 11.3. The summed E-state index contributed by atoms with van der Waals surface area (Å²) in [7, 11) is 0. The number of aliphatic hydroxyl groups is 3. The van der Waals surface area contributed by atoms with Gasteiger partial charge in [-0.25, -0.2) is 4.79 Å². The fourth-order valence-electron chi connectivity index (χ4n) is 7.74. The molecular weight excluding hydrogens is 807 g/mol. The molecule has 1 fully saturated rings. The summed E-state index contributed by atoms with van der Waals surface area (Å²) in [4.78, 5) is 66.8. The van der Waals surface area contributed by atoms with Crippen molar-refractivity contribution in [1.29, 1.82) is 0 Å². The number of hydrogen-bond acceptors (Lipinski definition) is 10. The van der Waals surface area contributed by atoms with Gasteiger partial charge >= 0.3 is 6.09 Å². The Morgan fingerprint density at radius 1 is 0.683 bits per heavy atom. The predicted octanol–water partition coefficient (Wildman–Crippen LogP) is 6.30. The Kier molecular flexibility index (Phi) is 29.6. The number of unbranched alkanes of at least 4 members (excludes halogenated alkanes) is 19. The number of nitrogens with zero attached hydrogens (tertiary/aromatic N) is 1. The number of carbonyl (C=O) groups excluding carboxylic acids is 5. The second kappa shape index (κ2) is 33.7. The van der Waals surface area contributed by atoms with Crippen LogP contribution in [0.3, 0.4) is 0 Å². The van der Waals surface area contributed by atoms with Crippen molar-refractivity contribution < 1.29 is 48.8 Å². The minimum absolute atomic E-state index is 0.0146. The monoisotopic (exact) mass is 890 g/mol. The summed E-state index contributed by atoms with van der Waals surface area (Å²) in [5.41, 5.74) is 0.774. The number of nitrogens with one attached hydrogen (secondary N) is 4. The Morgan fingerprint density at radius 3 is 1.73 bits per heavy atom. The number of ether oxygens (including phenoxy) is 2. The van der Waals surface area contributed by atoms with E-state index in [0.29, 0.717) is 19.4 Å². The van der Waals surface area contributed by atoms with E-state index in [9.17, 15) is 39.3 Å². The van der Waals surface area contributed by atoms with Crippen LogP contribution in [0.25, 0.3) is 0 Å². The Labute approximate surface area is 377 Å². The zero-order chi connectivity index (χ0) is 46.2. The fourth-order valence-corrected chi connectivity index (χ4v) is 7.74. The van der Waals surface area contributed by atoms with Crippen molar-refractivity contribution in [3.05, 3.63) is 35.9 Å². The molecule has 2 rings (SSSR count). The van der Waals surface area contributed by atoms with E-state index >= 15 is 0 Å². The van der Waals surface area contributed by atoms with Crippen molar-refractivity contribution in [3.63, 3.8) is 0 Å². The molecule has 15 nitrogen and oxygen atoms in total. The lowest BCUT2D eigenvalue weighted by Crippen LogP contribution is -2.69. The van der Waals surface area contributed by atoms with Gasteiger partial charge in [0.25, 0.3) is 0 Å². The Hall–Kier alpha value is -3.79. The summed E-state index contributed by atoms with van der Waals surface area (Å²) in [6, 6.07) is 5.63. The molecule has 0 saturated carbocycles. The van der Waals surface area contributed by atoms with Crippen molar-refractivity contribution in [3.8, 4) is 0 Å². The van der Waals surface area contributed by atoms with E-state index in [-0.39, 0.29) is 18.9 Å². The van der Waals surface area contributed by atoms with Crippen molar-refractivity contribution in [2.75, 3.05) is 19.7 Å². The van der Waals surface area contributed by atoms with Gasteiger partial charge in [-0.15, -0.1) is 0 Å². The smallest absolute Gasteiger partial charge is 0.408 e. The molecule has 1 aliphatic heterocycles.